The molecule has 1 aliphatic heterocycles. The number of esters is 1. The van der Waals surface area contributed by atoms with Gasteiger partial charge in [0.2, 0.25) is 10.0 Å². The van der Waals surface area contributed by atoms with E-state index in [1.807, 2.05) is 0 Å². The van der Waals surface area contributed by atoms with E-state index < -0.39 is 34.1 Å². The third-order valence-corrected chi connectivity index (χ3v) is 11.1. The Morgan fingerprint density at radius 2 is 1.73 bits per heavy atom. The molecule has 0 spiro atoms. The first-order chi connectivity index (χ1) is 20.6. The Morgan fingerprint density at radius 3 is 2.39 bits per heavy atom. The number of ether oxygens (including phenoxy) is 3. The maximum Gasteiger partial charge on any atom is 0.387 e. The van der Waals surface area contributed by atoms with Gasteiger partial charge in [-0.25, -0.2) is 18.2 Å². The molecular weight excluding hydrogens is 661 g/mol. The summed E-state index contributed by atoms with van der Waals surface area (Å²) in [5.41, 5.74) is 0.877. The fraction of sp³-hybridized carbons (Fsp3) is 0.379. The monoisotopic (exact) mass is 690 g/mol. The number of benzene rings is 2. The summed E-state index contributed by atoms with van der Waals surface area (Å²) in [4.78, 5) is 16.6. The summed E-state index contributed by atoms with van der Waals surface area (Å²) in [5, 5.41) is -0.562. The zero-order valence-corrected chi connectivity index (χ0v) is 26.3. The van der Waals surface area contributed by atoms with E-state index in [0.717, 1.165) is 41.8 Å². The summed E-state index contributed by atoms with van der Waals surface area (Å²) in [5.74, 6) is -0.449. The van der Waals surface area contributed by atoms with Gasteiger partial charge in [-0.15, -0.1) is 11.8 Å². The molecule has 0 unspecified atom stereocenters. The number of pyridine rings is 1. The summed E-state index contributed by atoms with van der Waals surface area (Å²) < 4.78 is 71.1. The quantitative estimate of drug-likeness (QED) is 0.220. The van der Waals surface area contributed by atoms with Gasteiger partial charge in [0.15, 0.2) is 29.3 Å². The molecule has 2 fully saturated rings. The van der Waals surface area contributed by atoms with E-state index in [4.69, 9.17) is 37.4 Å². The average Bonchev–Trinajstić information content (AvgIpc) is 3.69. The fourth-order valence-corrected chi connectivity index (χ4v) is 8.69. The molecule has 1 saturated heterocycles. The van der Waals surface area contributed by atoms with E-state index in [0.29, 0.717) is 16.9 Å². The lowest BCUT2D eigenvalue weighted by Crippen LogP contribution is -2.40. The summed E-state index contributed by atoms with van der Waals surface area (Å²) in [6.45, 7) is -2.95. The second-order valence-electron chi connectivity index (χ2n) is 10.0. The number of thioether (sulfide) groups is 1. The number of H-pyrrole nitrogens is 1. The Kier molecular flexibility index (Phi) is 11.7. The van der Waals surface area contributed by atoms with Crippen LogP contribution in [0.3, 0.4) is 0 Å². The van der Waals surface area contributed by atoms with Crippen LogP contribution in [0.2, 0.25) is 10.0 Å². The molecule has 0 bridgehead atoms. The molecule has 2 aromatic carbocycles. The van der Waals surface area contributed by atoms with Crippen LogP contribution in [-0.4, -0.2) is 54.6 Å². The Labute approximate surface area is 268 Å². The predicted molar refractivity (Wildman–Crippen MR) is 160 cm³/mol. The fourth-order valence-electron chi connectivity index (χ4n) is 5.09. The number of sulfonamides is 1. The topological polar surface area (TPSA) is 126 Å². The molecule has 2 heterocycles. The van der Waals surface area contributed by atoms with Crippen LogP contribution < -0.4 is 14.5 Å². The van der Waals surface area contributed by atoms with Gasteiger partial charge in [0.25, 0.3) is 0 Å². The van der Waals surface area contributed by atoms with Gasteiger partial charge in [-0.3, -0.25) is 0 Å². The smallest absolute Gasteiger partial charge is 0.387 e. The van der Waals surface area contributed by atoms with E-state index in [1.165, 1.54) is 42.7 Å². The highest BCUT2D eigenvalue weighted by atomic mass is 35.5. The molecule has 2 N–H and O–H groups in total. The minimum atomic E-state index is -3.99. The van der Waals surface area contributed by atoms with Crippen LogP contribution in [-0.2, 0) is 26.0 Å². The summed E-state index contributed by atoms with van der Waals surface area (Å²) in [6, 6.07) is 12.2. The van der Waals surface area contributed by atoms with Crippen molar-refractivity contribution in [2.45, 2.75) is 61.2 Å². The van der Waals surface area contributed by atoms with E-state index in [1.54, 1.807) is 18.2 Å². The van der Waals surface area contributed by atoms with Gasteiger partial charge < -0.3 is 19.7 Å². The van der Waals surface area contributed by atoms with Gasteiger partial charge >= 0.3 is 12.6 Å². The highest BCUT2D eigenvalue weighted by Crippen LogP contribution is 2.39. The maximum atomic E-state index is 13.7. The number of alkyl halides is 2. The standard InChI is InChI=1S/C29H28Cl2F2N2O6S2.H2O/c30-22-16-34-17-23(31)21(22)15-25(18-10-11-24(41-29(32)33)26(14-18)39-19-6-4-5-7-19)40-28(36)27-35(12-13-42-27)43(37,38)20-8-2-1-3-9-20;/h1-3,8-11,14,16-17,19,25,27,29H,4-7,12-13,15H2;1H2/t25-,27-;/m0./s1. The molecule has 1 aliphatic carbocycles. The van der Waals surface area contributed by atoms with Crippen molar-refractivity contribution in [3.8, 4) is 11.5 Å². The van der Waals surface area contributed by atoms with E-state index in [9.17, 15) is 22.0 Å². The molecule has 15 heteroatoms. The highest BCUT2D eigenvalue weighted by Gasteiger charge is 2.42. The summed E-state index contributed by atoms with van der Waals surface area (Å²) in [6.07, 6.45) is 5.32. The average molecular weight is 692 g/mol. The Balaban J connectivity index is 0.00000442. The first-order valence-corrected chi connectivity index (χ1v) is 16.9. The van der Waals surface area contributed by atoms with Crippen LogP contribution in [0.1, 0.15) is 42.9 Å². The van der Waals surface area contributed by atoms with Crippen molar-refractivity contribution in [2.75, 3.05) is 12.3 Å². The molecule has 2 aliphatic rings. The van der Waals surface area contributed by atoms with Crippen molar-refractivity contribution in [3.05, 3.63) is 82.1 Å². The number of aromatic amines is 1. The van der Waals surface area contributed by atoms with Crippen molar-refractivity contribution in [2.24, 2.45) is 0 Å². The number of hydrogen-bond donors (Lipinski definition) is 0. The van der Waals surface area contributed by atoms with Crippen molar-refractivity contribution >= 4 is 51.0 Å². The Hall–Kier alpha value is -2.68. The minimum Gasteiger partial charge on any atom is -0.870 e. The first-order valence-electron chi connectivity index (χ1n) is 13.6. The predicted octanol–water partition coefficient (Wildman–Crippen LogP) is 6.14. The number of aromatic nitrogens is 1. The van der Waals surface area contributed by atoms with Crippen molar-refractivity contribution in [1.82, 2.24) is 4.31 Å². The van der Waals surface area contributed by atoms with Gasteiger partial charge in [-0.05, 0) is 55.5 Å². The van der Waals surface area contributed by atoms with Gasteiger partial charge in [-0.1, -0.05) is 47.5 Å². The summed E-state index contributed by atoms with van der Waals surface area (Å²) in [7, 11) is -3.99. The number of nitrogens with zero attached hydrogens (tertiary/aromatic N) is 1. The summed E-state index contributed by atoms with van der Waals surface area (Å²) >= 11 is 14.0. The van der Waals surface area contributed by atoms with E-state index in [-0.39, 0.29) is 51.0 Å². The van der Waals surface area contributed by atoms with E-state index in [2.05, 4.69) is 4.98 Å². The molecule has 1 saturated carbocycles. The molecule has 44 heavy (non-hydrogen) atoms. The number of hydrogen-bond acceptors (Lipinski definition) is 8. The molecule has 0 amide bonds. The van der Waals surface area contributed by atoms with Crippen LogP contribution in [0.4, 0.5) is 8.78 Å². The highest BCUT2D eigenvalue weighted by molar-refractivity contribution is 8.02. The second kappa shape index (κ2) is 15.1. The van der Waals surface area contributed by atoms with Crippen LogP contribution in [0.25, 0.3) is 0 Å². The molecule has 2 atom stereocenters. The van der Waals surface area contributed by atoms with Crippen molar-refractivity contribution < 1.29 is 46.7 Å². The minimum absolute atomic E-state index is 0. The SMILES string of the molecule is O=C(O[C@@H](Cc1c(Cl)c[nH+]cc1Cl)c1ccc(OC(F)F)c(OC2CCCC2)c1)[C@@H]1SCCN1S(=O)(=O)c1ccccc1.[OH-]. The molecular formula is C29H30Cl2F2N2O7S2. The van der Waals surface area contributed by atoms with Crippen LogP contribution >= 0.6 is 35.0 Å². The first kappa shape index (κ1) is 34.2. The van der Waals surface area contributed by atoms with Crippen molar-refractivity contribution in [3.63, 3.8) is 0 Å². The largest absolute Gasteiger partial charge is 0.870 e. The van der Waals surface area contributed by atoms with Crippen LogP contribution in [0.15, 0.2) is 65.8 Å². The molecule has 9 nitrogen and oxygen atoms in total. The third-order valence-electron chi connectivity index (χ3n) is 7.20. The van der Waals surface area contributed by atoms with Gasteiger partial charge in [0.05, 0.1) is 11.0 Å². The second-order valence-corrected chi connectivity index (χ2v) is 13.9. The van der Waals surface area contributed by atoms with Gasteiger partial charge in [0.1, 0.15) is 16.1 Å². The number of nitrogens with one attached hydrogen (secondary N) is 1. The van der Waals surface area contributed by atoms with Crippen LogP contribution in [0.5, 0.6) is 11.5 Å². The lowest BCUT2D eigenvalue weighted by Gasteiger charge is -2.26. The van der Waals surface area contributed by atoms with Gasteiger partial charge in [-0.2, -0.15) is 13.1 Å². The van der Waals surface area contributed by atoms with E-state index >= 15 is 0 Å². The van der Waals surface area contributed by atoms with Gasteiger partial charge in [0, 0.05) is 24.3 Å². The number of rotatable bonds is 11. The normalized spacial score (nSPS) is 18.2. The molecule has 1 aromatic heterocycles. The zero-order valence-electron chi connectivity index (χ0n) is 23.2. The lowest BCUT2D eigenvalue weighted by molar-refractivity contribution is -0.377. The maximum absolute atomic E-state index is 13.7. The molecule has 5 rings (SSSR count). The number of carbonyl (C=O) groups is 1. The van der Waals surface area contributed by atoms with Crippen LogP contribution in [0, 0.1) is 0 Å². The Bertz CT molecular complexity index is 1530. The third kappa shape index (κ3) is 7.93. The van der Waals surface area contributed by atoms with Crippen molar-refractivity contribution in [1.29, 1.82) is 0 Å². The number of halogens is 4. The zero-order chi connectivity index (χ0) is 30.6. The molecule has 0 radical (unpaired) electrons. The lowest BCUT2D eigenvalue weighted by atomic mass is 10.0. The Morgan fingerprint density at radius 1 is 1.05 bits per heavy atom. The number of carbonyl (C=O) groups excluding carboxylic acids is 1. The molecule has 3 aromatic rings. The molecule has 238 valence electrons.